The molecule has 13 heavy (non-hydrogen) atoms. The molecule has 0 saturated carbocycles. The zero-order valence-electron chi connectivity index (χ0n) is 7.05. The van der Waals surface area contributed by atoms with Gasteiger partial charge in [0.15, 0.2) is 5.78 Å². The van der Waals surface area contributed by atoms with Crippen LogP contribution >= 0.6 is 15.9 Å². The first-order valence-corrected chi connectivity index (χ1v) is 5.16. The highest BCUT2D eigenvalue weighted by atomic mass is 79.9. The maximum absolute atomic E-state index is 11.3. The number of halogens is 1. The lowest BCUT2D eigenvalue weighted by molar-refractivity contribution is -0.125. The van der Waals surface area contributed by atoms with E-state index in [-0.39, 0.29) is 17.7 Å². The Morgan fingerprint density at radius 1 is 1.46 bits per heavy atom. The summed E-state index contributed by atoms with van der Waals surface area (Å²) in [5.74, 6) is 0.494. The largest absolute Gasteiger partial charge is 0.352 e. The first-order chi connectivity index (χ1) is 6.16. The number of Topliss-reactive ketones (excluding diaryl/α,β-unsaturated/α-hetero) is 1. The van der Waals surface area contributed by atoms with E-state index in [0.717, 1.165) is 6.42 Å². The number of carbonyl (C=O) groups excluding carboxylic acids is 2. The number of allylic oxidation sites excluding steroid dienone is 1. The molecule has 2 rings (SSSR count). The number of hydrogen-bond acceptors (Lipinski definition) is 2. The van der Waals surface area contributed by atoms with Crippen LogP contribution in [0.1, 0.15) is 19.3 Å². The molecule has 4 heteroatoms. The molecule has 2 aliphatic rings. The molecule has 1 fully saturated rings. The minimum absolute atomic E-state index is 0.0371. The molecule has 0 aromatic carbocycles. The normalized spacial score (nSPS) is 33.5. The molecule has 3 nitrogen and oxygen atoms in total. The van der Waals surface area contributed by atoms with Crippen molar-refractivity contribution in [1.82, 2.24) is 5.32 Å². The fourth-order valence-electron chi connectivity index (χ4n) is 1.86. The Balaban J connectivity index is 2.19. The molecule has 0 aromatic rings. The van der Waals surface area contributed by atoms with Crippen molar-refractivity contribution >= 4 is 27.6 Å². The molecule has 0 bridgehead atoms. The molecule has 0 aromatic heterocycles. The van der Waals surface area contributed by atoms with Gasteiger partial charge in [-0.25, -0.2) is 0 Å². The highest BCUT2D eigenvalue weighted by Gasteiger charge is 2.33. The van der Waals surface area contributed by atoms with E-state index < -0.39 is 0 Å². The summed E-state index contributed by atoms with van der Waals surface area (Å²) in [6.45, 7) is 0. The van der Waals surface area contributed by atoms with E-state index in [1.165, 1.54) is 0 Å². The average Bonchev–Trinajstić information content (AvgIpc) is 2.08. The SMILES string of the molecule is O=C1CCC2C=C(Br)C(=O)CC2N1. The summed E-state index contributed by atoms with van der Waals surface area (Å²) in [6, 6.07) is 0.0371. The standard InChI is InChI=1S/C9H10BrNO2/c10-6-3-5-1-2-9(13)11-7(5)4-8(6)12/h3,5,7H,1-2,4H2,(H,11,13). The van der Waals surface area contributed by atoms with Gasteiger partial charge in [-0.3, -0.25) is 9.59 Å². The maximum Gasteiger partial charge on any atom is 0.220 e. The molecular formula is C9H10BrNO2. The third-order valence-electron chi connectivity index (χ3n) is 2.60. The van der Waals surface area contributed by atoms with Gasteiger partial charge in [-0.15, -0.1) is 0 Å². The van der Waals surface area contributed by atoms with Crippen LogP contribution in [0.4, 0.5) is 0 Å². The van der Waals surface area contributed by atoms with E-state index in [1.807, 2.05) is 6.08 Å². The Labute approximate surface area is 84.7 Å². The van der Waals surface area contributed by atoms with Crippen molar-refractivity contribution in [1.29, 1.82) is 0 Å². The molecule has 1 saturated heterocycles. The number of fused-ring (bicyclic) bond motifs is 1. The van der Waals surface area contributed by atoms with Crippen molar-refractivity contribution in [3.8, 4) is 0 Å². The van der Waals surface area contributed by atoms with Gasteiger partial charge < -0.3 is 5.32 Å². The number of amides is 1. The summed E-state index contributed by atoms with van der Waals surface area (Å²) in [7, 11) is 0. The van der Waals surface area contributed by atoms with Crippen molar-refractivity contribution in [3.63, 3.8) is 0 Å². The van der Waals surface area contributed by atoms with Crippen molar-refractivity contribution in [2.45, 2.75) is 25.3 Å². The van der Waals surface area contributed by atoms with Crippen molar-refractivity contribution in [2.24, 2.45) is 5.92 Å². The number of hydrogen-bond donors (Lipinski definition) is 1. The van der Waals surface area contributed by atoms with Crippen LogP contribution in [0.3, 0.4) is 0 Å². The van der Waals surface area contributed by atoms with Gasteiger partial charge in [-0.05, 0) is 28.3 Å². The Kier molecular flexibility index (Phi) is 2.24. The van der Waals surface area contributed by atoms with E-state index >= 15 is 0 Å². The van der Waals surface area contributed by atoms with Crippen LogP contribution < -0.4 is 5.32 Å². The van der Waals surface area contributed by atoms with Crippen LogP contribution in [0.2, 0.25) is 0 Å². The number of piperidine rings is 1. The van der Waals surface area contributed by atoms with Crippen molar-refractivity contribution in [2.75, 3.05) is 0 Å². The van der Waals surface area contributed by atoms with Crippen molar-refractivity contribution in [3.05, 3.63) is 10.6 Å². The van der Waals surface area contributed by atoms with Gasteiger partial charge in [-0.1, -0.05) is 6.08 Å². The molecule has 1 aliphatic carbocycles. The highest BCUT2D eigenvalue weighted by molar-refractivity contribution is 9.12. The van der Waals surface area contributed by atoms with E-state index in [0.29, 0.717) is 23.2 Å². The third-order valence-corrected chi connectivity index (χ3v) is 3.31. The second-order valence-corrected chi connectivity index (χ2v) is 4.37. The molecule has 0 spiro atoms. The van der Waals surface area contributed by atoms with E-state index in [1.54, 1.807) is 0 Å². The minimum atomic E-state index is 0.0371. The molecular weight excluding hydrogens is 234 g/mol. The zero-order valence-corrected chi connectivity index (χ0v) is 8.63. The first-order valence-electron chi connectivity index (χ1n) is 4.36. The number of nitrogens with one attached hydrogen (secondary N) is 1. The van der Waals surface area contributed by atoms with Gasteiger partial charge >= 0.3 is 0 Å². The molecule has 0 radical (unpaired) electrons. The van der Waals surface area contributed by atoms with Gasteiger partial charge in [-0.2, -0.15) is 0 Å². The Hall–Kier alpha value is -0.640. The molecule has 2 atom stereocenters. The Morgan fingerprint density at radius 2 is 2.23 bits per heavy atom. The molecule has 1 heterocycles. The molecule has 2 unspecified atom stereocenters. The van der Waals surface area contributed by atoms with Gasteiger partial charge in [0.25, 0.3) is 0 Å². The van der Waals surface area contributed by atoms with Crippen LogP contribution in [0.25, 0.3) is 0 Å². The lowest BCUT2D eigenvalue weighted by Crippen LogP contribution is -2.47. The fourth-order valence-corrected chi connectivity index (χ4v) is 2.37. The highest BCUT2D eigenvalue weighted by Crippen LogP contribution is 2.29. The van der Waals surface area contributed by atoms with Gasteiger partial charge in [0.2, 0.25) is 5.91 Å². The van der Waals surface area contributed by atoms with Gasteiger partial charge in [0, 0.05) is 18.9 Å². The van der Waals surface area contributed by atoms with Gasteiger partial charge in [0.1, 0.15) is 0 Å². The van der Waals surface area contributed by atoms with Crippen molar-refractivity contribution < 1.29 is 9.59 Å². The van der Waals surface area contributed by atoms with Crippen LogP contribution in [-0.2, 0) is 9.59 Å². The average molecular weight is 244 g/mol. The predicted octanol–water partition coefficient (Wildman–Crippen LogP) is 1.13. The summed E-state index contributed by atoms with van der Waals surface area (Å²) in [6.07, 6.45) is 3.80. The summed E-state index contributed by atoms with van der Waals surface area (Å²) < 4.78 is 0.671. The lowest BCUT2D eigenvalue weighted by atomic mass is 9.83. The number of rotatable bonds is 0. The Bertz CT molecular complexity index is 298. The first kappa shape index (κ1) is 8.94. The summed E-state index contributed by atoms with van der Waals surface area (Å²) in [4.78, 5) is 22.3. The fraction of sp³-hybridized carbons (Fsp3) is 0.556. The minimum Gasteiger partial charge on any atom is -0.352 e. The maximum atomic E-state index is 11.3. The topological polar surface area (TPSA) is 46.2 Å². The van der Waals surface area contributed by atoms with Crippen LogP contribution in [-0.4, -0.2) is 17.7 Å². The lowest BCUT2D eigenvalue weighted by Gasteiger charge is -2.32. The summed E-state index contributed by atoms with van der Waals surface area (Å²) >= 11 is 3.23. The molecule has 1 N–H and O–H groups in total. The summed E-state index contributed by atoms with van der Waals surface area (Å²) in [5, 5.41) is 2.84. The molecule has 1 amide bonds. The molecule has 1 aliphatic heterocycles. The van der Waals surface area contributed by atoms with Crippen LogP contribution in [0, 0.1) is 5.92 Å². The second kappa shape index (κ2) is 3.25. The number of carbonyl (C=O) groups is 2. The van der Waals surface area contributed by atoms with E-state index in [9.17, 15) is 9.59 Å². The third kappa shape index (κ3) is 1.68. The van der Waals surface area contributed by atoms with Crippen LogP contribution in [0.15, 0.2) is 10.6 Å². The quantitative estimate of drug-likeness (QED) is 0.694. The van der Waals surface area contributed by atoms with E-state index in [4.69, 9.17) is 0 Å². The van der Waals surface area contributed by atoms with Gasteiger partial charge in [0.05, 0.1) is 4.48 Å². The monoisotopic (exact) mass is 243 g/mol. The Morgan fingerprint density at radius 3 is 3.00 bits per heavy atom. The smallest absolute Gasteiger partial charge is 0.220 e. The predicted molar refractivity (Wildman–Crippen MR) is 51.3 cm³/mol. The number of ketones is 1. The second-order valence-electron chi connectivity index (χ2n) is 3.52. The summed E-state index contributed by atoms with van der Waals surface area (Å²) in [5.41, 5.74) is 0. The van der Waals surface area contributed by atoms with E-state index in [2.05, 4.69) is 21.2 Å². The van der Waals surface area contributed by atoms with Crippen LogP contribution in [0.5, 0.6) is 0 Å². The molecule has 70 valence electrons. The zero-order chi connectivity index (χ0) is 9.42.